The van der Waals surface area contributed by atoms with Gasteiger partial charge >= 0.3 is 0 Å². The normalized spacial score (nSPS) is 21.1. The number of aromatic nitrogens is 2. The Kier molecular flexibility index (Phi) is 5.38. The second-order valence-electron chi connectivity index (χ2n) is 8.33. The zero-order valence-electron chi connectivity index (χ0n) is 18.5. The molecule has 0 aliphatic carbocycles. The topological polar surface area (TPSA) is 72.1 Å². The molecule has 1 atom stereocenters. The molecule has 2 aliphatic heterocycles. The molecule has 8 heteroatoms. The van der Waals surface area contributed by atoms with Crippen LogP contribution in [0.4, 0.5) is 4.39 Å². The lowest BCUT2D eigenvalue weighted by molar-refractivity contribution is -0.145. The fraction of sp³-hybridized carbons (Fsp3) is 0.280. The molecule has 0 unspecified atom stereocenters. The zero-order valence-corrected chi connectivity index (χ0v) is 18.5. The Morgan fingerprint density at radius 3 is 2.76 bits per heavy atom. The van der Waals surface area contributed by atoms with Gasteiger partial charge in [0.2, 0.25) is 0 Å². The first kappa shape index (κ1) is 21.2. The minimum absolute atomic E-state index is 0.166. The lowest BCUT2D eigenvalue weighted by Crippen LogP contribution is -2.51. The van der Waals surface area contributed by atoms with E-state index in [1.165, 1.54) is 12.1 Å². The Morgan fingerprint density at radius 2 is 2.06 bits per heavy atom. The van der Waals surface area contributed by atoms with Crippen LogP contribution in [0, 0.1) is 12.7 Å². The summed E-state index contributed by atoms with van der Waals surface area (Å²) >= 11 is 0. The molecule has 170 valence electrons. The van der Waals surface area contributed by atoms with Crippen molar-refractivity contribution in [2.75, 3.05) is 20.3 Å². The van der Waals surface area contributed by atoms with Crippen molar-refractivity contribution < 1.29 is 19.1 Å². The highest BCUT2D eigenvalue weighted by Crippen LogP contribution is 2.41. The first-order chi connectivity index (χ1) is 16.0. The predicted octanol–water partition coefficient (Wildman–Crippen LogP) is 4.35. The highest BCUT2D eigenvalue weighted by Gasteiger charge is 2.49. The van der Waals surface area contributed by atoms with Crippen molar-refractivity contribution in [1.29, 1.82) is 0 Å². The Balaban J connectivity index is 1.46. The lowest BCUT2D eigenvalue weighted by atomic mass is 9.94. The fourth-order valence-electron chi connectivity index (χ4n) is 4.49. The van der Waals surface area contributed by atoms with Gasteiger partial charge in [-0.15, -0.1) is 0 Å². The van der Waals surface area contributed by atoms with Gasteiger partial charge in [-0.3, -0.25) is 0 Å². The van der Waals surface area contributed by atoms with Crippen LogP contribution in [-0.2, 0) is 15.3 Å². The van der Waals surface area contributed by atoms with Crippen LogP contribution in [0.1, 0.15) is 29.7 Å². The van der Waals surface area contributed by atoms with Crippen molar-refractivity contribution in [3.63, 3.8) is 0 Å². The number of hydrogen-bond donors (Lipinski definition) is 1. The molecule has 5 rings (SSSR count). The summed E-state index contributed by atoms with van der Waals surface area (Å²) in [6.45, 7) is 2.89. The highest BCUT2D eigenvalue weighted by atomic mass is 19.1. The number of benzene rings is 2. The van der Waals surface area contributed by atoms with E-state index in [1.54, 1.807) is 36.2 Å². The molecular weight excluding hydrogens is 423 g/mol. The Labute approximate surface area is 191 Å². The van der Waals surface area contributed by atoms with Gasteiger partial charge in [0.1, 0.15) is 18.2 Å². The van der Waals surface area contributed by atoms with E-state index in [0.29, 0.717) is 5.69 Å². The smallest absolute Gasteiger partial charge is 0.260 e. The number of fused-ring (bicyclic) bond motifs is 1. The van der Waals surface area contributed by atoms with Crippen LogP contribution in [0.25, 0.3) is 11.8 Å². The fourth-order valence-corrected chi connectivity index (χ4v) is 4.49. The second kappa shape index (κ2) is 8.37. The van der Waals surface area contributed by atoms with Crippen LogP contribution in [0.3, 0.4) is 0 Å². The first-order valence-corrected chi connectivity index (χ1v) is 10.8. The van der Waals surface area contributed by atoms with Gasteiger partial charge in [-0.2, -0.15) is 0 Å². The molecule has 3 heterocycles. The monoisotopic (exact) mass is 448 g/mol. The molecule has 3 aromatic rings. The van der Waals surface area contributed by atoms with Gasteiger partial charge < -0.3 is 24.1 Å². The van der Waals surface area contributed by atoms with Crippen LogP contribution in [-0.4, -0.2) is 45.7 Å². The lowest BCUT2D eigenvalue weighted by Gasteiger charge is -2.39. The SMILES string of the molecule is COC[C@@]1(c2ccc(F)cc2)ON=C2/C(=C/c3ccc(-n4cnc(C)c4)c(O)c3)CCCN21. The third-order valence-electron chi connectivity index (χ3n) is 6.06. The number of rotatable bonds is 5. The molecule has 1 fully saturated rings. The Morgan fingerprint density at radius 1 is 1.24 bits per heavy atom. The number of halogens is 1. The van der Waals surface area contributed by atoms with Gasteiger partial charge in [0.05, 0.1) is 17.7 Å². The summed E-state index contributed by atoms with van der Waals surface area (Å²) in [6.07, 6.45) is 7.29. The number of aromatic hydroxyl groups is 1. The molecule has 2 aliphatic rings. The number of hydrogen-bond acceptors (Lipinski definition) is 6. The third-order valence-corrected chi connectivity index (χ3v) is 6.06. The third kappa shape index (κ3) is 3.76. The van der Waals surface area contributed by atoms with Crippen molar-refractivity contribution in [3.05, 3.63) is 83.2 Å². The summed E-state index contributed by atoms with van der Waals surface area (Å²) in [6, 6.07) is 11.8. The number of nitrogens with zero attached hydrogens (tertiary/aromatic N) is 4. The highest BCUT2D eigenvalue weighted by molar-refractivity contribution is 6.03. The quantitative estimate of drug-likeness (QED) is 0.628. The maximum absolute atomic E-state index is 13.5. The van der Waals surface area contributed by atoms with Gasteiger partial charge in [0.25, 0.3) is 5.72 Å². The van der Waals surface area contributed by atoms with E-state index in [4.69, 9.17) is 9.57 Å². The maximum atomic E-state index is 13.5. The number of phenolic OH excluding ortho intramolecular Hbond substituents is 1. The molecule has 1 N–H and O–H groups in total. The zero-order chi connectivity index (χ0) is 23.0. The molecule has 2 aromatic carbocycles. The molecule has 1 saturated heterocycles. The van der Waals surface area contributed by atoms with Crippen molar-refractivity contribution >= 4 is 11.9 Å². The minimum Gasteiger partial charge on any atom is -0.506 e. The number of phenols is 1. The van der Waals surface area contributed by atoms with Gasteiger partial charge in [-0.1, -0.05) is 11.2 Å². The summed E-state index contributed by atoms with van der Waals surface area (Å²) in [5.74, 6) is 0.592. The largest absolute Gasteiger partial charge is 0.506 e. The van der Waals surface area contributed by atoms with Crippen LogP contribution in [0.15, 0.2) is 65.7 Å². The number of aryl methyl sites for hydroxylation is 1. The number of ether oxygens (including phenoxy) is 1. The standard InChI is InChI=1S/C25H25FN4O3/c1-17-14-29(16-27-17)22-10-5-18(13-23(22)31)12-19-4-3-11-30-24(19)28-33-25(30,15-32-2)20-6-8-21(26)9-7-20/h5-10,12-14,16,31H,3-4,11,15H2,1-2H3/b19-12+/t25-/m0/s1. The number of oxime groups is 1. The molecule has 0 spiro atoms. The van der Waals surface area contributed by atoms with Gasteiger partial charge in [-0.25, -0.2) is 9.37 Å². The first-order valence-electron chi connectivity index (χ1n) is 10.8. The Hall–Kier alpha value is -3.65. The summed E-state index contributed by atoms with van der Waals surface area (Å²) in [5, 5.41) is 15.0. The number of amidine groups is 1. The van der Waals surface area contributed by atoms with Gasteiger partial charge in [0.15, 0.2) is 5.84 Å². The molecule has 7 nitrogen and oxygen atoms in total. The number of methoxy groups -OCH3 is 1. The number of imidazole rings is 1. The molecule has 0 bridgehead atoms. The summed E-state index contributed by atoms with van der Waals surface area (Å²) in [7, 11) is 1.61. The average Bonchev–Trinajstić information content (AvgIpc) is 3.40. The minimum atomic E-state index is -0.942. The van der Waals surface area contributed by atoms with Crippen LogP contribution >= 0.6 is 0 Å². The second-order valence-corrected chi connectivity index (χ2v) is 8.33. The van der Waals surface area contributed by atoms with Crippen LogP contribution in [0.2, 0.25) is 0 Å². The van der Waals surface area contributed by atoms with E-state index in [1.807, 2.05) is 31.3 Å². The summed E-state index contributed by atoms with van der Waals surface area (Å²) in [5.41, 5.74) is 3.25. The number of piperidine rings is 1. The van der Waals surface area contributed by atoms with Crippen LogP contribution < -0.4 is 0 Å². The van der Waals surface area contributed by atoms with Gasteiger partial charge in [-0.05, 0) is 73.4 Å². The van der Waals surface area contributed by atoms with Crippen LogP contribution in [0.5, 0.6) is 5.75 Å². The molecule has 0 amide bonds. The molecule has 0 saturated carbocycles. The van der Waals surface area contributed by atoms with E-state index in [-0.39, 0.29) is 18.2 Å². The van der Waals surface area contributed by atoms with Gasteiger partial charge in [0, 0.05) is 25.4 Å². The molecule has 0 radical (unpaired) electrons. The van der Waals surface area contributed by atoms with E-state index in [0.717, 1.165) is 47.6 Å². The van der Waals surface area contributed by atoms with Crippen molar-refractivity contribution in [2.45, 2.75) is 25.5 Å². The van der Waals surface area contributed by atoms with E-state index in [9.17, 15) is 9.50 Å². The molecular formula is C25H25FN4O3. The van der Waals surface area contributed by atoms with Crippen molar-refractivity contribution in [3.8, 4) is 11.4 Å². The Bertz CT molecular complexity index is 1230. The molecule has 33 heavy (non-hydrogen) atoms. The maximum Gasteiger partial charge on any atom is 0.260 e. The van der Waals surface area contributed by atoms with E-state index < -0.39 is 5.72 Å². The van der Waals surface area contributed by atoms with E-state index >= 15 is 0 Å². The van der Waals surface area contributed by atoms with E-state index in [2.05, 4.69) is 15.0 Å². The van der Waals surface area contributed by atoms with Crippen molar-refractivity contribution in [2.24, 2.45) is 5.16 Å². The summed E-state index contributed by atoms with van der Waals surface area (Å²) < 4.78 is 20.8. The summed E-state index contributed by atoms with van der Waals surface area (Å²) in [4.78, 5) is 12.3. The molecule has 1 aromatic heterocycles. The average molecular weight is 448 g/mol. The predicted molar refractivity (Wildman–Crippen MR) is 122 cm³/mol. The van der Waals surface area contributed by atoms with Crippen molar-refractivity contribution in [1.82, 2.24) is 14.5 Å².